The Morgan fingerprint density at radius 1 is 1.19 bits per heavy atom. The van der Waals surface area contributed by atoms with Gasteiger partial charge in [-0.15, -0.1) is 0 Å². The Morgan fingerprint density at radius 3 is 2.69 bits per heavy atom. The molecule has 2 aromatic heterocycles. The number of benzene rings is 1. The molecular formula is C23H27N5O4. The number of hydrogen-bond donors (Lipinski definition) is 1. The van der Waals surface area contributed by atoms with Crippen molar-refractivity contribution in [3.8, 4) is 11.5 Å². The van der Waals surface area contributed by atoms with Gasteiger partial charge in [-0.2, -0.15) is 0 Å². The number of aryl methyl sites for hydroxylation is 1. The molecule has 0 saturated carbocycles. The Morgan fingerprint density at radius 2 is 1.97 bits per heavy atom. The fourth-order valence-electron chi connectivity index (χ4n) is 4.05. The van der Waals surface area contributed by atoms with Gasteiger partial charge in [0.15, 0.2) is 11.5 Å². The van der Waals surface area contributed by atoms with E-state index in [0.29, 0.717) is 61.0 Å². The van der Waals surface area contributed by atoms with Crippen LogP contribution in [-0.2, 0) is 18.4 Å². The summed E-state index contributed by atoms with van der Waals surface area (Å²) >= 11 is 0. The number of hydrogen-bond acceptors (Lipinski definition) is 7. The van der Waals surface area contributed by atoms with E-state index in [-0.39, 0.29) is 17.4 Å². The first-order valence-electron chi connectivity index (χ1n) is 10.6. The van der Waals surface area contributed by atoms with Crippen LogP contribution in [0.5, 0.6) is 11.5 Å². The third-order valence-electron chi connectivity index (χ3n) is 5.91. The molecule has 0 aliphatic carbocycles. The van der Waals surface area contributed by atoms with E-state index in [1.54, 1.807) is 33.5 Å². The Hall–Kier alpha value is -3.62. The third-order valence-corrected chi connectivity index (χ3v) is 5.91. The molecule has 1 amide bonds. The Balaban J connectivity index is 1.40. The highest BCUT2D eigenvalue weighted by molar-refractivity contribution is 5.79. The van der Waals surface area contributed by atoms with Crippen molar-refractivity contribution in [3.63, 3.8) is 0 Å². The van der Waals surface area contributed by atoms with E-state index in [0.717, 1.165) is 5.56 Å². The summed E-state index contributed by atoms with van der Waals surface area (Å²) in [4.78, 5) is 36.3. The lowest BCUT2D eigenvalue weighted by atomic mass is 9.96. The van der Waals surface area contributed by atoms with Crippen LogP contribution >= 0.6 is 0 Å². The SMILES string of the molecule is COc1ccc(OC)c(CNC(=O)C2CCN(c3nc4cccnc4n(C)c3=O)CC2)c1. The lowest BCUT2D eigenvalue weighted by molar-refractivity contribution is -0.125. The van der Waals surface area contributed by atoms with Crippen molar-refractivity contribution in [2.75, 3.05) is 32.2 Å². The molecule has 9 nitrogen and oxygen atoms in total. The molecule has 32 heavy (non-hydrogen) atoms. The van der Waals surface area contributed by atoms with Crippen LogP contribution in [0.2, 0.25) is 0 Å². The summed E-state index contributed by atoms with van der Waals surface area (Å²) in [5.74, 6) is 1.71. The van der Waals surface area contributed by atoms with Crippen molar-refractivity contribution in [1.29, 1.82) is 0 Å². The lowest BCUT2D eigenvalue weighted by Crippen LogP contribution is -2.43. The predicted molar refractivity (Wildman–Crippen MR) is 121 cm³/mol. The Kier molecular flexibility index (Phi) is 6.25. The number of carbonyl (C=O) groups is 1. The molecule has 1 aliphatic heterocycles. The molecule has 4 rings (SSSR count). The number of amides is 1. The zero-order chi connectivity index (χ0) is 22.7. The molecule has 0 unspecified atom stereocenters. The highest BCUT2D eigenvalue weighted by Gasteiger charge is 2.27. The number of pyridine rings is 1. The first-order chi connectivity index (χ1) is 15.5. The standard InChI is InChI=1S/C23H27N5O4/c1-27-20-18(5-4-10-24-20)26-21(23(27)30)28-11-8-15(9-12-28)22(29)25-14-16-13-17(31-2)6-7-19(16)32-3/h4-7,10,13,15H,8-9,11-12,14H2,1-3H3,(H,25,29). The van der Waals surface area contributed by atoms with Gasteiger partial charge in [0, 0.05) is 44.4 Å². The topological polar surface area (TPSA) is 98.6 Å². The van der Waals surface area contributed by atoms with Gasteiger partial charge < -0.3 is 19.7 Å². The van der Waals surface area contributed by atoms with Gasteiger partial charge in [-0.1, -0.05) is 0 Å². The average Bonchev–Trinajstić information content (AvgIpc) is 2.84. The van der Waals surface area contributed by atoms with Gasteiger partial charge in [-0.3, -0.25) is 14.2 Å². The zero-order valence-electron chi connectivity index (χ0n) is 18.5. The van der Waals surface area contributed by atoms with E-state index in [9.17, 15) is 9.59 Å². The fraction of sp³-hybridized carbons (Fsp3) is 0.391. The third kappa shape index (κ3) is 4.23. The summed E-state index contributed by atoms with van der Waals surface area (Å²) in [5, 5.41) is 3.01. The molecule has 1 aliphatic rings. The smallest absolute Gasteiger partial charge is 0.294 e. The Bertz CT molecular complexity index is 1180. The monoisotopic (exact) mass is 437 g/mol. The number of piperidine rings is 1. The first-order valence-corrected chi connectivity index (χ1v) is 10.6. The van der Waals surface area contributed by atoms with E-state index in [4.69, 9.17) is 9.47 Å². The molecule has 0 atom stereocenters. The summed E-state index contributed by atoms with van der Waals surface area (Å²) in [5.41, 5.74) is 1.92. The molecule has 3 heterocycles. The van der Waals surface area contributed by atoms with Gasteiger partial charge in [0.2, 0.25) is 5.91 Å². The molecule has 0 radical (unpaired) electrons. The van der Waals surface area contributed by atoms with Crippen LogP contribution < -0.4 is 25.2 Å². The molecule has 168 valence electrons. The highest BCUT2D eigenvalue weighted by atomic mass is 16.5. The number of rotatable bonds is 6. The maximum atomic E-state index is 12.8. The van der Waals surface area contributed by atoms with E-state index in [1.165, 1.54) is 4.57 Å². The number of fused-ring (bicyclic) bond motifs is 1. The molecule has 1 fully saturated rings. The summed E-state index contributed by atoms with van der Waals surface area (Å²) in [6.07, 6.45) is 2.95. The molecule has 1 saturated heterocycles. The van der Waals surface area contributed by atoms with E-state index < -0.39 is 0 Å². The zero-order valence-corrected chi connectivity index (χ0v) is 18.5. The van der Waals surface area contributed by atoms with Crippen molar-refractivity contribution < 1.29 is 14.3 Å². The molecule has 1 N–H and O–H groups in total. The van der Waals surface area contributed by atoms with Crippen molar-refractivity contribution in [1.82, 2.24) is 19.9 Å². The van der Waals surface area contributed by atoms with Crippen LogP contribution in [0.3, 0.4) is 0 Å². The predicted octanol–water partition coefficient (Wildman–Crippen LogP) is 1.88. The van der Waals surface area contributed by atoms with E-state index in [1.807, 2.05) is 29.2 Å². The number of aromatic nitrogens is 3. The second-order valence-corrected chi connectivity index (χ2v) is 7.80. The van der Waals surface area contributed by atoms with Crippen LogP contribution in [0.15, 0.2) is 41.3 Å². The second kappa shape index (κ2) is 9.25. The molecular weight excluding hydrogens is 410 g/mol. The molecule has 1 aromatic carbocycles. The molecule has 9 heteroatoms. The van der Waals surface area contributed by atoms with Gasteiger partial charge in [0.05, 0.1) is 14.2 Å². The number of methoxy groups -OCH3 is 2. The second-order valence-electron chi connectivity index (χ2n) is 7.80. The molecule has 0 bridgehead atoms. The van der Waals surface area contributed by atoms with Crippen molar-refractivity contribution >= 4 is 22.9 Å². The highest BCUT2D eigenvalue weighted by Crippen LogP contribution is 2.25. The lowest BCUT2D eigenvalue weighted by Gasteiger charge is -2.32. The molecule has 0 spiro atoms. The van der Waals surface area contributed by atoms with Gasteiger partial charge in [-0.25, -0.2) is 9.97 Å². The minimum atomic E-state index is -0.177. The van der Waals surface area contributed by atoms with E-state index >= 15 is 0 Å². The Labute approximate surface area is 186 Å². The summed E-state index contributed by atoms with van der Waals surface area (Å²) < 4.78 is 12.2. The van der Waals surface area contributed by atoms with Crippen LogP contribution in [0.1, 0.15) is 18.4 Å². The quantitative estimate of drug-likeness (QED) is 0.629. The van der Waals surface area contributed by atoms with Crippen molar-refractivity contribution in [2.24, 2.45) is 13.0 Å². The van der Waals surface area contributed by atoms with Gasteiger partial charge in [0.1, 0.15) is 17.0 Å². The normalized spacial score (nSPS) is 14.4. The van der Waals surface area contributed by atoms with Gasteiger partial charge in [-0.05, 0) is 43.2 Å². The maximum absolute atomic E-state index is 12.8. The van der Waals surface area contributed by atoms with E-state index in [2.05, 4.69) is 15.3 Å². The number of nitrogens with one attached hydrogen (secondary N) is 1. The summed E-state index contributed by atoms with van der Waals surface area (Å²) in [6.45, 7) is 1.54. The van der Waals surface area contributed by atoms with Crippen molar-refractivity contribution in [3.05, 3.63) is 52.4 Å². The fourth-order valence-corrected chi connectivity index (χ4v) is 4.05. The number of carbonyl (C=O) groups excluding carboxylic acids is 1. The minimum absolute atomic E-state index is 0.00176. The van der Waals surface area contributed by atoms with Crippen LogP contribution in [0.4, 0.5) is 5.82 Å². The number of anilines is 1. The largest absolute Gasteiger partial charge is 0.497 e. The first kappa shape index (κ1) is 21.6. The summed E-state index contributed by atoms with van der Waals surface area (Å²) in [6, 6.07) is 9.15. The number of ether oxygens (including phenoxy) is 2. The van der Waals surface area contributed by atoms with Crippen LogP contribution in [0.25, 0.3) is 11.2 Å². The average molecular weight is 438 g/mol. The van der Waals surface area contributed by atoms with Gasteiger partial charge >= 0.3 is 0 Å². The molecule has 3 aromatic rings. The summed E-state index contributed by atoms with van der Waals surface area (Å²) in [7, 11) is 4.91. The number of nitrogens with zero attached hydrogens (tertiary/aromatic N) is 4. The van der Waals surface area contributed by atoms with Crippen LogP contribution in [-0.4, -0.2) is 47.8 Å². The van der Waals surface area contributed by atoms with Crippen LogP contribution in [0, 0.1) is 5.92 Å². The minimum Gasteiger partial charge on any atom is -0.497 e. The maximum Gasteiger partial charge on any atom is 0.294 e. The van der Waals surface area contributed by atoms with Crippen molar-refractivity contribution in [2.45, 2.75) is 19.4 Å². The van der Waals surface area contributed by atoms with Gasteiger partial charge in [0.25, 0.3) is 5.56 Å².